The molecule has 21 heavy (non-hydrogen) atoms. The average Bonchev–Trinajstić information content (AvgIpc) is 2.43. The van der Waals surface area contributed by atoms with E-state index in [4.69, 9.17) is 34.8 Å². The molecule has 2 rings (SSSR count). The van der Waals surface area contributed by atoms with E-state index in [1.54, 1.807) is 6.07 Å². The summed E-state index contributed by atoms with van der Waals surface area (Å²) >= 11 is 17.6. The zero-order valence-electron chi connectivity index (χ0n) is 11.0. The number of hydrogen-bond acceptors (Lipinski definition) is 4. The normalized spacial score (nSPS) is 10.5. The predicted molar refractivity (Wildman–Crippen MR) is 83.2 cm³/mol. The van der Waals surface area contributed by atoms with Crippen LogP contribution in [0.5, 0.6) is 0 Å². The third-order valence-corrected chi connectivity index (χ3v) is 3.53. The predicted octanol–water partition coefficient (Wildman–Crippen LogP) is 4.04. The lowest BCUT2D eigenvalue weighted by Crippen LogP contribution is -2.14. The zero-order chi connectivity index (χ0) is 15.4. The van der Waals surface area contributed by atoms with Crippen molar-refractivity contribution in [2.75, 3.05) is 5.32 Å². The molecule has 0 spiro atoms. The second kappa shape index (κ2) is 7.02. The van der Waals surface area contributed by atoms with Gasteiger partial charge in [-0.25, -0.2) is 15.0 Å². The first-order valence-corrected chi connectivity index (χ1v) is 7.28. The minimum absolute atomic E-state index is 0.0707. The molecular formula is C13H11Cl3N4O. The van der Waals surface area contributed by atoms with E-state index >= 15 is 0 Å². The van der Waals surface area contributed by atoms with Crippen molar-refractivity contribution in [2.24, 2.45) is 0 Å². The second-order valence-corrected chi connectivity index (χ2v) is 5.32. The number of aromatic nitrogens is 3. The van der Waals surface area contributed by atoms with Crippen molar-refractivity contribution < 1.29 is 4.79 Å². The molecule has 0 aliphatic heterocycles. The zero-order valence-corrected chi connectivity index (χ0v) is 13.3. The van der Waals surface area contributed by atoms with Crippen LogP contribution in [0, 0.1) is 0 Å². The highest BCUT2D eigenvalue weighted by Crippen LogP contribution is 2.26. The Morgan fingerprint density at radius 1 is 1.24 bits per heavy atom. The van der Waals surface area contributed by atoms with Gasteiger partial charge in [0, 0.05) is 11.3 Å². The summed E-state index contributed by atoms with van der Waals surface area (Å²) in [6.07, 6.45) is 2.86. The summed E-state index contributed by atoms with van der Waals surface area (Å²) in [6, 6.07) is 3.16. The van der Waals surface area contributed by atoms with Gasteiger partial charge in [0.2, 0.25) is 0 Å². The number of nitrogens with zero attached hydrogens (tertiary/aromatic N) is 3. The fourth-order valence-corrected chi connectivity index (χ4v) is 2.19. The van der Waals surface area contributed by atoms with E-state index in [1.165, 1.54) is 12.4 Å². The van der Waals surface area contributed by atoms with Crippen molar-refractivity contribution in [2.45, 2.75) is 19.8 Å². The quantitative estimate of drug-likeness (QED) is 0.671. The Labute approximate surface area is 136 Å². The molecule has 2 heterocycles. The van der Waals surface area contributed by atoms with Gasteiger partial charge in [-0.1, -0.05) is 48.1 Å². The molecule has 1 amide bonds. The fourth-order valence-electron chi connectivity index (χ4n) is 1.68. The number of carbonyl (C=O) groups excluding carboxylic acids is 1. The van der Waals surface area contributed by atoms with Gasteiger partial charge in [0.05, 0.1) is 0 Å². The number of nitrogens with one attached hydrogen (secondary N) is 1. The van der Waals surface area contributed by atoms with Gasteiger partial charge < -0.3 is 5.32 Å². The number of pyridine rings is 1. The summed E-state index contributed by atoms with van der Waals surface area (Å²) < 4.78 is 0. The number of hydrogen-bond donors (Lipinski definition) is 1. The van der Waals surface area contributed by atoms with Crippen LogP contribution in [0.2, 0.25) is 15.3 Å². The highest BCUT2D eigenvalue weighted by atomic mass is 35.5. The standard InChI is InChI=1S/C13H11Cl3N4O/c1-2-3-8-4-7(5-9(14)19-8)13(21)20-12-10(15)11(16)17-6-18-12/h4-6H,2-3H2,1H3,(H,17,18,20,21). The Kier molecular flexibility index (Phi) is 5.33. The molecule has 2 aromatic rings. The molecule has 2 aromatic heterocycles. The Balaban J connectivity index is 2.26. The maximum atomic E-state index is 12.2. The molecule has 0 aromatic carbocycles. The molecule has 0 atom stereocenters. The van der Waals surface area contributed by atoms with Gasteiger partial charge >= 0.3 is 0 Å². The Morgan fingerprint density at radius 2 is 2.00 bits per heavy atom. The van der Waals surface area contributed by atoms with Crippen LogP contribution in [0.15, 0.2) is 18.5 Å². The molecule has 0 fully saturated rings. The van der Waals surface area contributed by atoms with Gasteiger partial charge in [0.25, 0.3) is 5.91 Å². The third kappa shape index (κ3) is 4.03. The summed E-state index contributed by atoms with van der Waals surface area (Å²) in [7, 11) is 0. The van der Waals surface area contributed by atoms with Crippen LogP contribution in [-0.4, -0.2) is 20.9 Å². The molecule has 1 N–H and O–H groups in total. The second-order valence-electron chi connectivity index (χ2n) is 4.20. The first kappa shape index (κ1) is 15.9. The summed E-state index contributed by atoms with van der Waals surface area (Å²) in [5.74, 6) is -0.250. The first-order valence-electron chi connectivity index (χ1n) is 6.15. The summed E-state index contributed by atoms with van der Waals surface area (Å²) in [4.78, 5) is 24.0. The molecule has 0 bridgehead atoms. The van der Waals surface area contributed by atoms with Crippen molar-refractivity contribution in [1.29, 1.82) is 0 Å². The van der Waals surface area contributed by atoms with Crippen molar-refractivity contribution in [3.05, 3.63) is 45.0 Å². The molecule has 0 saturated carbocycles. The maximum Gasteiger partial charge on any atom is 0.257 e. The monoisotopic (exact) mass is 344 g/mol. The van der Waals surface area contributed by atoms with E-state index in [2.05, 4.69) is 20.3 Å². The molecule has 8 heteroatoms. The van der Waals surface area contributed by atoms with E-state index in [9.17, 15) is 4.79 Å². The van der Waals surface area contributed by atoms with Gasteiger partial charge in [0.1, 0.15) is 16.5 Å². The highest BCUT2D eigenvalue weighted by molar-refractivity contribution is 6.43. The van der Waals surface area contributed by atoms with Gasteiger partial charge in [-0.05, 0) is 18.6 Å². The number of carbonyl (C=O) groups is 1. The fraction of sp³-hybridized carbons (Fsp3) is 0.231. The number of halogens is 3. The molecular weight excluding hydrogens is 335 g/mol. The Morgan fingerprint density at radius 3 is 2.71 bits per heavy atom. The van der Waals surface area contributed by atoms with E-state index < -0.39 is 5.91 Å². The summed E-state index contributed by atoms with van der Waals surface area (Å²) in [5, 5.41) is 2.99. The van der Waals surface area contributed by atoms with Crippen LogP contribution in [-0.2, 0) is 6.42 Å². The molecule has 5 nitrogen and oxygen atoms in total. The molecule has 0 radical (unpaired) electrons. The SMILES string of the molecule is CCCc1cc(C(=O)Nc2ncnc(Cl)c2Cl)cc(Cl)n1. The van der Waals surface area contributed by atoms with Crippen LogP contribution < -0.4 is 5.32 Å². The van der Waals surface area contributed by atoms with Crippen LogP contribution in [0.1, 0.15) is 29.4 Å². The maximum absolute atomic E-state index is 12.2. The van der Waals surface area contributed by atoms with Crippen LogP contribution in [0.25, 0.3) is 0 Å². The molecule has 0 unspecified atom stereocenters. The van der Waals surface area contributed by atoms with Crippen molar-refractivity contribution in [3.63, 3.8) is 0 Å². The Bertz CT molecular complexity index is 678. The molecule has 110 valence electrons. The van der Waals surface area contributed by atoms with Crippen molar-refractivity contribution >= 4 is 46.5 Å². The molecule has 0 saturated heterocycles. The van der Waals surface area contributed by atoms with E-state index in [0.717, 1.165) is 18.5 Å². The van der Waals surface area contributed by atoms with Crippen LogP contribution in [0.4, 0.5) is 5.82 Å². The van der Waals surface area contributed by atoms with Gasteiger partial charge in [-0.15, -0.1) is 0 Å². The van der Waals surface area contributed by atoms with Crippen LogP contribution in [0.3, 0.4) is 0 Å². The topological polar surface area (TPSA) is 67.8 Å². The average molecular weight is 346 g/mol. The van der Waals surface area contributed by atoms with E-state index in [-0.39, 0.29) is 21.1 Å². The lowest BCUT2D eigenvalue weighted by Gasteiger charge is -2.08. The number of anilines is 1. The Hall–Kier alpha value is -1.43. The first-order chi connectivity index (χ1) is 10.0. The van der Waals surface area contributed by atoms with E-state index in [0.29, 0.717) is 5.56 Å². The van der Waals surface area contributed by atoms with Gasteiger partial charge in [-0.3, -0.25) is 4.79 Å². The lowest BCUT2D eigenvalue weighted by molar-refractivity contribution is 0.102. The molecule has 0 aliphatic rings. The van der Waals surface area contributed by atoms with Crippen LogP contribution >= 0.6 is 34.8 Å². The highest BCUT2D eigenvalue weighted by Gasteiger charge is 2.14. The summed E-state index contributed by atoms with van der Waals surface area (Å²) in [6.45, 7) is 2.02. The summed E-state index contributed by atoms with van der Waals surface area (Å²) in [5.41, 5.74) is 1.13. The minimum Gasteiger partial charge on any atom is -0.305 e. The minimum atomic E-state index is -0.395. The number of amides is 1. The van der Waals surface area contributed by atoms with Crippen molar-refractivity contribution in [1.82, 2.24) is 15.0 Å². The number of aryl methyl sites for hydroxylation is 1. The molecule has 0 aliphatic carbocycles. The smallest absolute Gasteiger partial charge is 0.257 e. The van der Waals surface area contributed by atoms with Gasteiger partial charge in [0.15, 0.2) is 11.0 Å². The number of rotatable bonds is 4. The van der Waals surface area contributed by atoms with Gasteiger partial charge in [-0.2, -0.15) is 0 Å². The largest absolute Gasteiger partial charge is 0.305 e. The lowest BCUT2D eigenvalue weighted by atomic mass is 10.1. The third-order valence-electron chi connectivity index (χ3n) is 2.59. The van der Waals surface area contributed by atoms with Crippen molar-refractivity contribution in [3.8, 4) is 0 Å². The van der Waals surface area contributed by atoms with E-state index in [1.807, 2.05) is 6.92 Å².